The maximum atomic E-state index is 12.5. The van der Waals surface area contributed by atoms with E-state index in [-0.39, 0.29) is 10.6 Å². The Morgan fingerprint density at radius 1 is 1.05 bits per heavy atom. The van der Waals surface area contributed by atoms with Gasteiger partial charge in [-0.25, -0.2) is 0 Å². The number of nitrogens with zero attached hydrogens (tertiary/aromatic N) is 1. The van der Waals surface area contributed by atoms with Crippen LogP contribution in [0.3, 0.4) is 0 Å². The summed E-state index contributed by atoms with van der Waals surface area (Å²) in [7, 11) is 0. The Balaban J connectivity index is 2.17. The summed E-state index contributed by atoms with van der Waals surface area (Å²) in [6.07, 6.45) is -4.41. The molecule has 0 aliphatic rings. The number of thiazole rings is 1. The summed E-state index contributed by atoms with van der Waals surface area (Å²) in [4.78, 5) is 11.7. The summed E-state index contributed by atoms with van der Waals surface area (Å²) in [5.74, 6) is 0.0309. The summed E-state index contributed by atoms with van der Waals surface area (Å²) in [6, 6.07) is 8.81. The SMILES string of the molecule is O=c1sc2cc(O)ccc2n1-c1ccc(C(F)(F)F)cc1. The van der Waals surface area contributed by atoms with Gasteiger partial charge in [-0.2, -0.15) is 13.2 Å². The number of benzene rings is 2. The minimum atomic E-state index is -4.41. The number of hydrogen-bond donors (Lipinski definition) is 1. The molecule has 0 fully saturated rings. The van der Waals surface area contributed by atoms with Crippen LogP contribution >= 0.6 is 11.3 Å². The van der Waals surface area contributed by atoms with Crippen LogP contribution in [-0.2, 0) is 6.18 Å². The second kappa shape index (κ2) is 4.63. The summed E-state index contributed by atoms with van der Waals surface area (Å²) in [5, 5.41) is 9.40. The van der Waals surface area contributed by atoms with Crippen LogP contribution in [0.15, 0.2) is 47.3 Å². The topological polar surface area (TPSA) is 42.2 Å². The van der Waals surface area contributed by atoms with Crippen LogP contribution in [0.4, 0.5) is 13.2 Å². The second-order valence-electron chi connectivity index (χ2n) is 4.40. The first-order valence-corrected chi connectivity index (χ1v) is 6.70. The van der Waals surface area contributed by atoms with Gasteiger partial charge in [-0.1, -0.05) is 11.3 Å². The molecule has 3 aromatic rings. The normalized spacial score (nSPS) is 12.0. The lowest BCUT2D eigenvalue weighted by atomic mass is 10.2. The maximum absolute atomic E-state index is 12.5. The second-order valence-corrected chi connectivity index (χ2v) is 5.39. The van der Waals surface area contributed by atoms with Crippen molar-refractivity contribution in [3.8, 4) is 11.4 Å². The van der Waals surface area contributed by atoms with Gasteiger partial charge in [0.05, 0.1) is 21.5 Å². The Morgan fingerprint density at radius 2 is 1.71 bits per heavy atom. The van der Waals surface area contributed by atoms with Gasteiger partial charge in [0.2, 0.25) is 0 Å². The van der Waals surface area contributed by atoms with E-state index < -0.39 is 11.7 Å². The number of aromatic hydroxyl groups is 1. The van der Waals surface area contributed by atoms with Crippen molar-refractivity contribution in [1.29, 1.82) is 0 Å². The van der Waals surface area contributed by atoms with Gasteiger partial charge in [0, 0.05) is 0 Å². The number of halogens is 3. The molecule has 1 N–H and O–H groups in total. The van der Waals surface area contributed by atoms with E-state index in [9.17, 15) is 23.1 Å². The molecule has 1 heterocycles. The van der Waals surface area contributed by atoms with E-state index in [1.54, 1.807) is 6.07 Å². The van der Waals surface area contributed by atoms with Crippen molar-refractivity contribution >= 4 is 21.6 Å². The molecule has 3 nitrogen and oxygen atoms in total. The minimum absolute atomic E-state index is 0.0309. The molecule has 1 aromatic heterocycles. The van der Waals surface area contributed by atoms with Gasteiger partial charge in [0.15, 0.2) is 0 Å². The Kier molecular flexibility index (Phi) is 3.02. The average Bonchev–Trinajstić information content (AvgIpc) is 2.73. The lowest BCUT2D eigenvalue weighted by Crippen LogP contribution is -2.11. The average molecular weight is 311 g/mol. The zero-order valence-electron chi connectivity index (χ0n) is 10.4. The first kappa shape index (κ1) is 13.7. The van der Waals surface area contributed by atoms with Gasteiger partial charge in [0.1, 0.15) is 5.75 Å². The molecule has 0 saturated heterocycles. The highest BCUT2D eigenvalue weighted by atomic mass is 32.1. The van der Waals surface area contributed by atoms with Crippen LogP contribution in [0, 0.1) is 0 Å². The molecular formula is C14H8F3NO2S. The molecule has 2 aromatic carbocycles. The minimum Gasteiger partial charge on any atom is -0.508 e. The number of hydrogen-bond acceptors (Lipinski definition) is 3. The van der Waals surface area contributed by atoms with E-state index >= 15 is 0 Å². The van der Waals surface area contributed by atoms with Gasteiger partial charge in [-0.15, -0.1) is 0 Å². The van der Waals surface area contributed by atoms with Gasteiger partial charge < -0.3 is 5.11 Å². The highest BCUT2D eigenvalue weighted by Crippen LogP contribution is 2.30. The predicted octanol–water partition coefficient (Wildman–Crippen LogP) is 3.78. The lowest BCUT2D eigenvalue weighted by molar-refractivity contribution is -0.137. The monoisotopic (exact) mass is 311 g/mol. The van der Waals surface area contributed by atoms with Crippen molar-refractivity contribution in [1.82, 2.24) is 4.57 Å². The van der Waals surface area contributed by atoms with Gasteiger partial charge in [-0.3, -0.25) is 9.36 Å². The van der Waals surface area contributed by atoms with E-state index in [2.05, 4.69) is 0 Å². The first-order valence-electron chi connectivity index (χ1n) is 5.88. The molecule has 3 rings (SSSR count). The molecular weight excluding hydrogens is 303 g/mol. The van der Waals surface area contributed by atoms with Crippen LogP contribution in [0.2, 0.25) is 0 Å². The van der Waals surface area contributed by atoms with Crippen molar-refractivity contribution in [2.45, 2.75) is 6.18 Å². The van der Waals surface area contributed by atoms with E-state index in [4.69, 9.17) is 0 Å². The van der Waals surface area contributed by atoms with E-state index in [1.165, 1.54) is 28.8 Å². The van der Waals surface area contributed by atoms with Crippen LogP contribution < -0.4 is 4.87 Å². The molecule has 0 unspecified atom stereocenters. The third kappa shape index (κ3) is 2.40. The molecule has 0 aliphatic heterocycles. The quantitative estimate of drug-likeness (QED) is 0.743. The molecule has 0 radical (unpaired) electrons. The molecule has 0 bridgehead atoms. The van der Waals surface area contributed by atoms with Crippen molar-refractivity contribution in [3.05, 3.63) is 57.7 Å². The molecule has 0 saturated carbocycles. The number of phenolic OH excluding ortho intramolecular Hbond substituents is 1. The lowest BCUT2D eigenvalue weighted by Gasteiger charge is -2.08. The summed E-state index contributed by atoms with van der Waals surface area (Å²) in [6.45, 7) is 0. The molecule has 0 aliphatic carbocycles. The maximum Gasteiger partial charge on any atom is 0.416 e. The van der Waals surface area contributed by atoms with E-state index in [1.807, 2.05) is 0 Å². The van der Waals surface area contributed by atoms with E-state index in [0.29, 0.717) is 15.9 Å². The molecule has 0 amide bonds. The number of aromatic nitrogens is 1. The predicted molar refractivity (Wildman–Crippen MR) is 74.1 cm³/mol. The van der Waals surface area contributed by atoms with Gasteiger partial charge in [0.25, 0.3) is 0 Å². The molecule has 7 heteroatoms. The number of rotatable bonds is 1. The Hall–Kier alpha value is -2.28. The number of fused-ring (bicyclic) bond motifs is 1. The van der Waals surface area contributed by atoms with Crippen LogP contribution in [0.5, 0.6) is 5.75 Å². The third-order valence-corrected chi connectivity index (χ3v) is 3.92. The van der Waals surface area contributed by atoms with Crippen molar-refractivity contribution in [3.63, 3.8) is 0 Å². The highest BCUT2D eigenvalue weighted by Gasteiger charge is 2.30. The van der Waals surface area contributed by atoms with Gasteiger partial charge in [-0.05, 0) is 42.5 Å². The number of phenols is 1. The zero-order valence-corrected chi connectivity index (χ0v) is 11.2. The summed E-state index contributed by atoms with van der Waals surface area (Å²) >= 11 is 0.923. The van der Waals surface area contributed by atoms with E-state index in [0.717, 1.165) is 23.5 Å². The Bertz CT molecular complexity index is 863. The molecule has 0 atom stereocenters. The van der Waals surface area contributed by atoms with Gasteiger partial charge >= 0.3 is 11.0 Å². The molecule has 108 valence electrons. The van der Waals surface area contributed by atoms with Crippen LogP contribution in [0.25, 0.3) is 15.9 Å². The third-order valence-electron chi connectivity index (χ3n) is 3.02. The summed E-state index contributed by atoms with van der Waals surface area (Å²) < 4.78 is 39.5. The molecule has 21 heavy (non-hydrogen) atoms. The van der Waals surface area contributed by atoms with Crippen LogP contribution in [-0.4, -0.2) is 9.67 Å². The fourth-order valence-electron chi connectivity index (χ4n) is 2.05. The standard InChI is InChI=1S/C14H8F3NO2S/c15-14(16,17)8-1-3-9(4-2-8)18-11-6-5-10(19)7-12(11)21-13(18)20/h1-7,19H. The first-order chi connectivity index (χ1) is 9.86. The fourth-order valence-corrected chi connectivity index (χ4v) is 2.98. The summed E-state index contributed by atoms with van der Waals surface area (Å²) in [5.41, 5.74) is 0.129. The number of alkyl halides is 3. The zero-order chi connectivity index (χ0) is 15.2. The Morgan fingerprint density at radius 3 is 2.33 bits per heavy atom. The fraction of sp³-hybridized carbons (Fsp3) is 0.0714. The van der Waals surface area contributed by atoms with Crippen LogP contribution in [0.1, 0.15) is 5.56 Å². The highest BCUT2D eigenvalue weighted by molar-refractivity contribution is 7.16. The van der Waals surface area contributed by atoms with Crippen molar-refractivity contribution in [2.75, 3.05) is 0 Å². The van der Waals surface area contributed by atoms with Crippen molar-refractivity contribution in [2.24, 2.45) is 0 Å². The largest absolute Gasteiger partial charge is 0.508 e. The Labute approximate surface area is 120 Å². The molecule has 0 spiro atoms. The van der Waals surface area contributed by atoms with Crippen molar-refractivity contribution < 1.29 is 18.3 Å². The smallest absolute Gasteiger partial charge is 0.416 e.